The maximum absolute atomic E-state index is 12.5. The lowest BCUT2D eigenvalue weighted by molar-refractivity contribution is -0.115. The first-order valence-electron chi connectivity index (χ1n) is 9.71. The molecule has 0 bridgehead atoms. The molecule has 148 valence electrons. The lowest BCUT2D eigenvalue weighted by atomic mass is 10.0. The molecular weight excluding hydrogens is 376 g/mol. The molecule has 4 aromatic carbocycles. The smallest absolute Gasteiger partial charge is 0.228 e. The molecule has 0 aliphatic heterocycles. The van der Waals surface area contributed by atoms with Gasteiger partial charge in [0.05, 0.1) is 19.0 Å². The third kappa shape index (κ3) is 3.10. The van der Waals surface area contributed by atoms with Gasteiger partial charge in [-0.3, -0.25) is 4.79 Å². The Labute approximate surface area is 172 Å². The zero-order valence-corrected chi connectivity index (χ0v) is 16.4. The van der Waals surface area contributed by atoms with Crippen LogP contribution in [0.15, 0.2) is 72.8 Å². The number of hydrogen-bond acceptors (Lipinski definition) is 3. The number of carbonyl (C=O) groups excluding carboxylic acids is 1. The number of fused-ring (bicyclic) bond motifs is 5. The van der Waals surface area contributed by atoms with Gasteiger partial charge in [-0.05, 0) is 35.7 Å². The third-order valence-corrected chi connectivity index (χ3v) is 5.40. The number of amides is 1. The van der Waals surface area contributed by atoms with Gasteiger partial charge in [0, 0.05) is 39.0 Å². The van der Waals surface area contributed by atoms with Gasteiger partial charge in [-0.15, -0.1) is 0 Å². The van der Waals surface area contributed by atoms with Gasteiger partial charge >= 0.3 is 0 Å². The van der Waals surface area contributed by atoms with Crippen molar-refractivity contribution in [2.75, 3.05) is 12.4 Å². The summed E-state index contributed by atoms with van der Waals surface area (Å²) < 4.78 is 5.18. The highest BCUT2D eigenvalue weighted by Gasteiger charge is 2.13. The second-order valence-electron chi connectivity index (χ2n) is 7.32. The molecule has 5 aromatic rings. The minimum absolute atomic E-state index is 0.0731. The first kappa shape index (κ1) is 18.1. The first-order valence-corrected chi connectivity index (χ1v) is 9.71. The Kier molecular flexibility index (Phi) is 4.29. The highest BCUT2D eigenvalue weighted by molar-refractivity contribution is 6.17. The predicted molar refractivity (Wildman–Crippen MR) is 120 cm³/mol. The summed E-state index contributed by atoms with van der Waals surface area (Å²) in [6, 6.07) is 23.0. The molecule has 0 fully saturated rings. The minimum Gasteiger partial charge on any atom is -0.508 e. The zero-order valence-electron chi connectivity index (χ0n) is 16.4. The van der Waals surface area contributed by atoms with Crippen molar-refractivity contribution in [3.63, 3.8) is 0 Å². The second-order valence-corrected chi connectivity index (χ2v) is 7.32. The number of para-hydroxylation sites is 1. The van der Waals surface area contributed by atoms with Crippen molar-refractivity contribution < 1.29 is 14.6 Å². The number of rotatable bonds is 4. The maximum Gasteiger partial charge on any atom is 0.228 e. The molecule has 0 saturated carbocycles. The lowest BCUT2D eigenvalue weighted by Gasteiger charge is -2.10. The van der Waals surface area contributed by atoms with Gasteiger partial charge in [-0.1, -0.05) is 36.4 Å². The van der Waals surface area contributed by atoms with E-state index in [9.17, 15) is 9.90 Å². The quantitative estimate of drug-likeness (QED) is 0.382. The van der Waals surface area contributed by atoms with E-state index in [1.807, 2.05) is 42.5 Å². The van der Waals surface area contributed by atoms with Crippen LogP contribution < -0.4 is 10.1 Å². The van der Waals surface area contributed by atoms with Crippen LogP contribution in [0.1, 0.15) is 5.56 Å². The highest BCUT2D eigenvalue weighted by atomic mass is 16.5. The Hall–Kier alpha value is -3.99. The van der Waals surface area contributed by atoms with Crippen molar-refractivity contribution in [1.29, 1.82) is 0 Å². The van der Waals surface area contributed by atoms with E-state index < -0.39 is 0 Å². The molecule has 0 aliphatic carbocycles. The van der Waals surface area contributed by atoms with Crippen LogP contribution in [0, 0.1) is 0 Å². The van der Waals surface area contributed by atoms with Crippen molar-refractivity contribution in [1.82, 2.24) is 4.98 Å². The Morgan fingerprint density at radius 2 is 1.83 bits per heavy atom. The number of H-pyrrole nitrogens is 1. The number of aromatic hydroxyl groups is 1. The molecule has 30 heavy (non-hydrogen) atoms. The molecule has 5 rings (SSSR count). The number of methoxy groups -OCH3 is 1. The average Bonchev–Trinajstić information content (AvgIpc) is 3.13. The van der Waals surface area contributed by atoms with E-state index in [0.717, 1.165) is 32.6 Å². The van der Waals surface area contributed by atoms with E-state index in [1.54, 1.807) is 25.3 Å². The molecule has 3 N–H and O–H groups in total. The number of benzene rings is 4. The molecule has 0 unspecified atom stereocenters. The maximum atomic E-state index is 12.5. The minimum atomic E-state index is -0.204. The Balaban J connectivity index is 1.49. The summed E-state index contributed by atoms with van der Waals surface area (Å²) in [6.07, 6.45) is 0.0731. The zero-order chi connectivity index (χ0) is 20.7. The highest BCUT2D eigenvalue weighted by Crippen LogP contribution is 2.34. The van der Waals surface area contributed by atoms with Crippen molar-refractivity contribution in [3.05, 3.63) is 78.4 Å². The number of hydrogen-bond donors (Lipinski definition) is 3. The number of nitrogens with one attached hydrogen (secondary N) is 2. The summed E-state index contributed by atoms with van der Waals surface area (Å²) in [6.45, 7) is 0. The topological polar surface area (TPSA) is 74.3 Å². The Morgan fingerprint density at radius 3 is 2.70 bits per heavy atom. The van der Waals surface area contributed by atoms with Crippen LogP contribution in [-0.2, 0) is 11.2 Å². The normalized spacial score (nSPS) is 11.2. The van der Waals surface area contributed by atoms with Gasteiger partial charge in [-0.25, -0.2) is 0 Å². The summed E-state index contributed by atoms with van der Waals surface area (Å²) in [7, 11) is 1.58. The number of aromatic amines is 1. The molecule has 1 amide bonds. The molecule has 0 spiro atoms. The molecular formula is C25H20N2O3. The average molecular weight is 396 g/mol. The summed E-state index contributed by atoms with van der Waals surface area (Å²) in [4.78, 5) is 16.0. The van der Waals surface area contributed by atoms with E-state index in [2.05, 4.69) is 22.4 Å². The number of aromatic nitrogens is 1. The number of phenols is 1. The van der Waals surface area contributed by atoms with Crippen LogP contribution >= 0.6 is 0 Å². The number of carbonyl (C=O) groups is 1. The first-order chi connectivity index (χ1) is 14.6. The van der Waals surface area contributed by atoms with Crippen LogP contribution in [0.2, 0.25) is 0 Å². The predicted octanol–water partition coefficient (Wildman–Crippen LogP) is 5.37. The van der Waals surface area contributed by atoms with Crippen LogP contribution in [-0.4, -0.2) is 23.1 Å². The van der Waals surface area contributed by atoms with Crippen LogP contribution in [0.5, 0.6) is 11.5 Å². The van der Waals surface area contributed by atoms with Crippen LogP contribution in [0.4, 0.5) is 5.69 Å². The molecule has 0 atom stereocenters. The van der Waals surface area contributed by atoms with E-state index >= 15 is 0 Å². The summed E-state index contributed by atoms with van der Waals surface area (Å²) >= 11 is 0. The summed E-state index contributed by atoms with van der Waals surface area (Å²) in [5.74, 6) is 0.572. The molecule has 1 heterocycles. The SMILES string of the molecule is COc1cccc(NC(=O)Cc2cc3ccc4c5ccccc5[nH]c4c3cc2O)c1. The number of ether oxygens (including phenoxy) is 1. The van der Waals surface area contributed by atoms with E-state index in [-0.39, 0.29) is 18.1 Å². The monoisotopic (exact) mass is 396 g/mol. The van der Waals surface area contributed by atoms with Gasteiger partial charge in [0.2, 0.25) is 5.91 Å². The van der Waals surface area contributed by atoms with Gasteiger partial charge in [0.1, 0.15) is 11.5 Å². The van der Waals surface area contributed by atoms with Crippen molar-refractivity contribution in [2.45, 2.75) is 6.42 Å². The van der Waals surface area contributed by atoms with E-state index in [0.29, 0.717) is 17.0 Å². The summed E-state index contributed by atoms with van der Waals surface area (Å²) in [5.41, 5.74) is 3.27. The van der Waals surface area contributed by atoms with Crippen molar-refractivity contribution in [2.24, 2.45) is 0 Å². The van der Waals surface area contributed by atoms with Gasteiger partial charge in [0.25, 0.3) is 0 Å². The standard InChI is InChI=1S/C25H20N2O3/c1-30-18-6-4-5-17(13-18)26-24(29)12-16-11-15-9-10-20-19-7-2-3-8-22(19)27-25(20)21(15)14-23(16)28/h2-11,13-14,27-28H,12H2,1H3,(H,26,29). The second kappa shape index (κ2) is 7.12. The molecule has 5 heteroatoms. The fourth-order valence-electron chi connectivity index (χ4n) is 3.95. The fraction of sp³-hybridized carbons (Fsp3) is 0.0800. The molecule has 0 radical (unpaired) electrons. The van der Waals surface area contributed by atoms with E-state index in [1.165, 1.54) is 0 Å². The lowest BCUT2D eigenvalue weighted by Crippen LogP contribution is -2.14. The van der Waals surface area contributed by atoms with Gasteiger partial charge < -0.3 is 20.1 Å². The largest absolute Gasteiger partial charge is 0.508 e. The Bertz CT molecular complexity index is 1420. The van der Waals surface area contributed by atoms with Crippen LogP contribution in [0.3, 0.4) is 0 Å². The molecule has 5 nitrogen and oxygen atoms in total. The molecule has 1 aromatic heterocycles. The molecule has 0 saturated heterocycles. The molecule has 0 aliphatic rings. The number of anilines is 1. The number of phenolic OH excluding ortho intramolecular Hbond substituents is 1. The van der Waals surface area contributed by atoms with Gasteiger partial charge in [-0.2, -0.15) is 0 Å². The third-order valence-electron chi connectivity index (χ3n) is 5.40. The fourth-order valence-corrected chi connectivity index (χ4v) is 3.95. The van der Waals surface area contributed by atoms with Crippen molar-refractivity contribution in [3.8, 4) is 11.5 Å². The Morgan fingerprint density at radius 1 is 0.967 bits per heavy atom. The van der Waals surface area contributed by atoms with Crippen LogP contribution in [0.25, 0.3) is 32.6 Å². The van der Waals surface area contributed by atoms with E-state index in [4.69, 9.17) is 4.74 Å². The van der Waals surface area contributed by atoms with Crippen molar-refractivity contribution >= 4 is 44.2 Å². The summed E-state index contributed by atoms with van der Waals surface area (Å²) in [5, 5.41) is 17.6. The van der Waals surface area contributed by atoms with Gasteiger partial charge in [0.15, 0.2) is 0 Å².